The zero-order chi connectivity index (χ0) is 19.8. The maximum atomic E-state index is 12.8. The molecule has 0 aliphatic carbocycles. The Bertz CT molecular complexity index is 763. The van der Waals surface area contributed by atoms with Gasteiger partial charge in [0.1, 0.15) is 6.61 Å². The van der Waals surface area contributed by atoms with Crippen molar-refractivity contribution in [3.8, 4) is 0 Å². The molecular formula is C23H27NO4. The highest BCUT2D eigenvalue weighted by Crippen LogP contribution is 2.21. The third-order valence-corrected chi connectivity index (χ3v) is 4.97. The van der Waals surface area contributed by atoms with E-state index in [2.05, 4.69) is 0 Å². The van der Waals surface area contributed by atoms with Crippen LogP contribution in [-0.4, -0.2) is 36.2 Å². The summed E-state index contributed by atoms with van der Waals surface area (Å²) in [5.74, 6) is -0.407. The van der Waals surface area contributed by atoms with Gasteiger partial charge in [-0.2, -0.15) is 0 Å². The van der Waals surface area contributed by atoms with Crippen LogP contribution in [0, 0.1) is 5.92 Å². The molecule has 1 saturated heterocycles. The number of ether oxygens (including phenoxy) is 2. The lowest BCUT2D eigenvalue weighted by molar-refractivity contribution is -0.133. The van der Waals surface area contributed by atoms with Crippen molar-refractivity contribution in [2.75, 3.05) is 13.2 Å². The number of rotatable bonds is 9. The molecule has 0 bridgehead atoms. The van der Waals surface area contributed by atoms with Crippen molar-refractivity contribution in [1.29, 1.82) is 0 Å². The Morgan fingerprint density at radius 1 is 1.11 bits per heavy atom. The van der Waals surface area contributed by atoms with Crippen molar-refractivity contribution in [3.05, 3.63) is 71.8 Å². The highest BCUT2D eigenvalue weighted by atomic mass is 16.6. The fraction of sp³-hybridized carbons (Fsp3) is 0.391. The van der Waals surface area contributed by atoms with Crippen LogP contribution in [0.3, 0.4) is 0 Å². The van der Waals surface area contributed by atoms with Gasteiger partial charge in [-0.15, -0.1) is 0 Å². The van der Waals surface area contributed by atoms with E-state index in [1.165, 1.54) is 4.90 Å². The molecule has 1 aliphatic heterocycles. The van der Waals surface area contributed by atoms with E-state index in [4.69, 9.17) is 9.47 Å². The first-order valence-electron chi connectivity index (χ1n) is 9.80. The van der Waals surface area contributed by atoms with Gasteiger partial charge in [0, 0.05) is 12.5 Å². The average Bonchev–Trinajstić information content (AvgIpc) is 3.08. The molecule has 148 valence electrons. The van der Waals surface area contributed by atoms with E-state index >= 15 is 0 Å². The van der Waals surface area contributed by atoms with Gasteiger partial charge in [0.15, 0.2) is 0 Å². The Labute approximate surface area is 166 Å². The van der Waals surface area contributed by atoms with Crippen LogP contribution in [-0.2, 0) is 27.3 Å². The van der Waals surface area contributed by atoms with Crippen LogP contribution in [0.4, 0.5) is 4.79 Å². The van der Waals surface area contributed by atoms with Gasteiger partial charge in [-0.25, -0.2) is 9.69 Å². The maximum absolute atomic E-state index is 12.8. The summed E-state index contributed by atoms with van der Waals surface area (Å²) in [6.07, 6.45) is 1.53. The molecule has 0 saturated carbocycles. The molecule has 1 aliphatic rings. The van der Waals surface area contributed by atoms with E-state index in [9.17, 15) is 9.59 Å². The molecule has 28 heavy (non-hydrogen) atoms. The number of benzene rings is 2. The average molecular weight is 381 g/mol. The number of amides is 2. The monoisotopic (exact) mass is 381 g/mol. The van der Waals surface area contributed by atoms with Gasteiger partial charge in [-0.1, -0.05) is 67.6 Å². The number of carbonyl (C=O) groups is 2. The molecule has 0 N–H and O–H groups in total. The molecule has 0 spiro atoms. The van der Waals surface area contributed by atoms with Crippen LogP contribution < -0.4 is 0 Å². The van der Waals surface area contributed by atoms with Gasteiger partial charge < -0.3 is 9.47 Å². The molecule has 1 fully saturated rings. The minimum Gasteiger partial charge on any atom is -0.447 e. The smallest absolute Gasteiger partial charge is 0.416 e. The van der Waals surface area contributed by atoms with Gasteiger partial charge in [0.25, 0.3) is 0 Å². The van der Waals surface area contributed by atoms with E-state index in [1.54, 1.807) is 0 Å². The zero-order valence-electron chi connectivity index (χ0n) is 16.3. The van der Waals surface area contributed by atoms with Crippen molar-refractivity contribution in [2.24, 2.45) is 5.92 Å². The third kappa shape index (κ3) is 5.42. The highest BCUT2D eigenvalue weighted by Gasteiger charge is 2.39. The lowest BCUT2D eigenvalue weighted by atomic mass is 10.0. The fourth-order valence-corrected chi connectivity index (χ4v) is 3.38. The molecular weight excluding hydrogens is 354 g/mol. The minimum atomic E-state index is -0.530. The maximum Gasteiger partial charge on any atom is 0.416 e. The largest absolute Gasteiger partial charge is 0.447 e. The molecule has 2 amide bonds. The van der Waals surface area contributed by atoms with Gasteiger partial charge in [0.2, 0.25) is 5.91 Å². The second-order valence-electron chi connectivity index (χ2n) is 7.21. The van der Waals surface area contributed by atoms with E-state index in [-0.39, 0.29) is 24.5 Å². The molecule has 2 aromatic rings. The molecule has 0 aromatic heterocycles. The van der Waals surface area contributed by atoms with Crippen molar-refractivity contribution in [1.82, 2.24) is 4.90 Å². The molecule has 1 heterocycles. The molecule has 2 aromatic carbocycles. The summed E-state index contributed by atoms with van der Waals surface area (Å²) in [5.41, 5.74) is 2.22. The number of hydrogen-bond acceptors (Lipinski definition) is 4. The predicted octanol–water partition coefficient (Wildman–Crippen LogP) is 4.21. The topological polar surface area (TPSA) is 55.8 Å². The Balaban J connectivity index is 1.45. The first-order valence-corrected chi connectivity index (χ1v) is 9.80. The standard InChI is InChI=1S/C23H27NO4/c1-18(9-8-14-27-16-20-12-6-3-7-13-20)22(25)24-21(17-28-23(24)26)15-19-10-4-2-5-11-19/h2-7,10-13,18,21H,8-9,14-17H2,1H3/t18-,21-/m0/s1. The molecule has 5 nitrogen and oxygen atoms in total. The van der Waals surface area contributed by atoms with Crippen molar-refractivity contribution in [2.45, 2.75) is 38.8 Å². The Morgan fingerprint density at radius 3 is 2.43 bits per heavy atom. The van der Waals surface area contributed by atoms with E-state index < -0.39 is 6.09 Å². The van der Waals surface area contributed by atoms with Gasteiger partial charge in [0.05, 0.1) is 12.6 Å². The normalized spacial score (nSPS) is 17.4. The van der Waals surface area contributed by atoms with Gasteiger partial charge in [-0.3, -0.25) is 4.79 Å². The first-order chi connectivity index (χ1) is 13.6. The van der Waals surface area contributed by atoms with E-state index in [0.29, 0.717) is 26.1 Å². The summed E-state index contributed by atoms with van der Waals surface area (Å²) in [4.78, 5) is 26.2. The van der Waals surface area contributed by atoms with Crippen LogP contribution in [0.1, 0.15) is 30.9 Å². The zero-order valence-corrected chi connectivity index (χ0v) is 16.3. The van der Waals surface area contributed by atoms with Crippen LogP contribution in [0.5, 0.6) is 0 Å². The van der Waals surface area contributed by atoms with E-state index in [0.717, 1.165) is 17.5 Å². The number of imide groups is 1. The van der Waals surface area contributed by atoms with Crippen molar-refractivity contribution < 1.29 is 19.1 Å². The number of carbonyl (C=O) groups excluding carboxylic acids is 2. The third-order valence-electron chi connectivity index (χ3n) is 4.97. The van der Waals surface area contributed by atoms with Gasteiger partial charge >= 0.3 is 6.09 Å². The van der Waals surface area contributed by atoms with Crippen LogP contribution in [0.15, 0.2) is 60.7 Å². The van der Waals surface area contributed by atoms with E-state index in [1.807, 2.05) is 67.6 Å². The number of nitrogens with zero attached hydrogens (tertiary/aromatic N) is 1. The first kappa shape index (κ1) is 20.1. The summed E-state index contributed by atoms with van der Waals surface area (Å²) in [6, 6.07) is 19.6. The Morgan fingerprint density at radius 2 is 1.75 bits per heavy atom. The summed E-state index contributed by atoms with van der Waals surface area (Å²) < 4.78 is 10.8. The van der Waals surface area contributed by atoms with Crippen LogP contribution in [0.2, 0.25) is 0 Å². The quantitative estimate of drug-likeness (QED) is 0.611. The lowest BCUT2D eigenvalue weighted by Crippen LogP contribution is -2.43. The number of cyclic esters (lactones) is 1. The summed E-state index contributed by atoms with van der Waals surface area (Å²) >= 11 is 0. The van der Waals surface area contributed by atoms with Crippen LogP contribution >= 0.6 is 0 Å². The molecule has 0 radical (unpaired) electrons. The highest BCUT2D eigenvalue weighted by molar-refractivity contribution is 5.94. The second-order valence-corrected chi connectivity index (χ2v) is 7.21. The summed E-state index contributed by atoms with van der Waals surface area (Å²) in [7, 11) is 0. The molecule has 0 unspecified atom stereocenters. The summed E-state index contributed by atoms with van der Waals surface area (Å²) in [6.45, 7) is 3.28. The number of hydrogen-bond donors (Lipinski definition) is 0. The second kappa shape index (κ2) is 10.0. The SMILES string of the molecule is C[C@@H](CCCOCc1ccccc1)C(=O)N1C(=O)OC[C@@H]1Cc1ccccc1. The van der Waals surface area contributed by atoms with Crippen LogP contribution in [0.25, 0.3) is 0 Å². The molecule has 3 rings (SSSR count). The fourth-order valence-electron chi connectivity index (χ4n) is 3.38. The Kier molecular flexibility index (Phi) is 7.20. The Hall–Kier alpha value is -2.66. The molecule has 5 heteroatoms. The lowest BCUT2D eigenvalue weighted by Gasteiger charge is -2.23. The van der Waals surface area contributed by atoms with Crippen molar-refractivity contribution in [3.63, 3.8) is 0 Å². The summed E-state index contributed by atoms with van der Waals surface area (Å²) in [5, 5.41) is 0. The predicted molar refractivity (Wildman–Crippen MR) is 107 cm³/mol. The molecule has 2 atom stereocenters. The van der Waals surface area contributed by atoms with Gasteiger partial charge in [-0.05, 0) is 30.4 Å². The minimum absolute atomic E-state index is 0.161. The van der Waals surface area contributed by atoms with Crippen molar-refractivity contribution >= 4 is 12.0 Å².